The normalized spacial score (nSPS) is 17.2. The molecule has 2 N–H and O–H groups in total. The first-order chi connectivity index (χ1) is 11.5. The van der Waals surface area contributed by atoms with Crippen molar-refractivity contribution in [3.05, 3.63) is 30.1 Å². The molecule has 0 bridgehead atoms. The van der Waals surface area contributed by atoms with Crippen molar-refractivity contribution in [1.29, 1.82) is 0 Å². The van der Waals surface area contributed by atoms with Crippen molar-refractivity contribution >= 4 is 17.8 Å². The lowest BCUT2D eigenvalue weighted by atomic mass is 9.97. The summed E-state index contributed by atoms with van der Waals surface area (Å²) in [5, 5.41) is 0. The summed E-state index contributed by atoms with van der Waals surface area (Å²) in [7, 11) is 0. The molecule has 1 aliphatic heterocycles. The van der Waals surface area contributed by atoms with Crippen molar-refractivity contribution in [1.82, 2.24) is 4.90 Å². The number of benzene rings is 1. The van der Waals surface area contributed by atoms with Crippen LogP contribution in [-0.4, -0.2) is 49.0 Å². The third-order valence-electron chi connectivity index (χ3n) is 3.72. The quantitative estimate of drug-likeness (QED) is 0.760. The zero-order valence-corrected chi connectivity index (χ0v) is 13.1. The van der Waals surface area contributed by atoms with E-state index >= 15 is 0 Å². The maximum atomic E-state index is 13.3. The molecule has 1 aromatic carbocycles. The molecule has 2 rings (SSSR count). The van der Waals surface area contributed by atoms with Gasteiger partial charge in [0.2, 0.25) is 5.91 Å². The van der Waals surface area contributed by atoms with Crippen LogP contribution in [0.4, 0.5) is 4.39 Å². The molecule has 0 aliphatic carbocycles. The number of carbonyl (C=O) groups is 3. The molecule has 0 aromatic heterocycles. The lowest BCUT2D eigenvalue weighted by Crippen LogP contribution is -2.45. The van der Waals surface area contributed by atoms with E-state index in [4.69, 9.17) is 15.2 Å². The molecule has 1 atom stereocenters. The molecule has 1 heterocycles. The number of rotatable bonds is 6. The maximum Gasteiger partial charge on any atom is 0.344 e. The molecule has 24 heavy (non-hydrogen) atoms. The molecular formula is C16H19FN2O5. The second-order valence-electron chi connectivity index (χ2n) is 5.46. The summed E-state index contributed by atoms with van der Waals surface area (Å²) in [6.07, 6.45) is 1.32. The predicted octanol–water partition coefficient (Wildman–Crippen LogP) is 0.472. The van der Waals surface area contributed by atoms with E-state index < -0.39 is 36.8 Å². The number of carbonyl (C=O) groups excluding carboxylic acids is 3. The van der Waals surface area contributed by atoms with Gasteiger partial charge in [0.25, 0.3) is 5.91 Å². The molecule has 0 unspecified atom stereocenters. The number of halogens is 1. The van der Waals surface area contributed by atoms with Crippen molar-refractivity contribution in [2.75, 3.05) is 26.3 Å². The fourth-order valence-electron chi connectivity index (χ4n) is 2.41. The van der Waals surface area contributed by atoms with E-state index in [0.717, 1.165) is 0 Å². The van der Waals surface area contributed by atoms with E-state index in [1.54, 1.807) is 6.07 Å². The van der Waals surface area contributed by atoms with Crippen molar-refractivity contribution in [3.63, 3.8) is 0 Å². The van der Waals surface area contributed by atoms with Crippen LogP contribution in [0.5, 0.6) is 5.75 Å². The molecule has 0 spiro atoms. The van der Waals surface area contributed by atoms with E-state index in [1.165, 1.54) is 23.1 Å². The summed E-state index contributed by atoms with van der Waals surface area (Å²) in [5.41, 5.74) is 5.25. The Labute approximate surface area is 138 Å². The third kappa shape index (κ3) is 4.94. The number of esters is 1. The minimum atomic E-state index is -0.782. The molecule has 130 valence electrons. The lowest BCUT2D eigenvalue weighted by Gasteiger charge is -2.31. The number of nitrogens with two attached hydrogens (primary N) is 1. The van der Waals surface area contributed by atoms with Crippen molar-refractivity contribution in [3.8, 4) is 5.75 Å². The molecule has 0 saturated carbocycles. The molecule has 1 fully saturated rings. The Hall–Kier alpha value is -2.64. The van der Waals surface area contributed by atoms with Gasteiger partial charge in [-0.25, -0.2) is 9.18 Å². The second-order valence-corrected chi connectivity index (χ2v) is 5.46. The topological polar surface area (TPSA) is 98.9 Å². The average Bonchev–Trinajstić information content (AvgIpc) is 2.59. The number of nitrogens with zero attached hydrogens (tertiary/aromatic N) is 1. The summed E-state index contributed by atoms with van der Waals surface area (Å²) in [5.74, 6) is -2.66. The highest BCUT2D eigenvalue weighted by Gasteiger charge is 2.27. The number of ether oxygens (including phenoxy) is 2. The van der Waals surface area contributed by atoms with E-state index in [1.807, 2.05) is 0 Å². The first-order valence-electron chi connectivity index (χ1n) is 7.57. The van der Waals surface area contributed by atoms with Gasteiger partial charge in [-0.05, 0) is 25.0 Å². The molecule has 1 aliphatic rings. The van der Waals surface area contributed by atoms with Crippen LogP contribution in [-0.2, 0) is 19.1 Å². The molecular weight excluding hydrogens is 319 g/mol. The number of hydrogen-bond donors (Lipinski definition) is 1. The highest BCUT2D eigenvalue weighted by Crippen LogP contribution is 2.16. The standard InChI is InChI=1S/C16H19FN2O5/c17-12-5-1-2-6-13(12)23-10-15(21)24-9-14(20)19-7-3-4-11(8-19)16(18)22/h1-2,5-6,11H,3-4,7-10H2,(H2,18,22)/t11-/m0/s1. The van der Waals surface area contributed by atoms with Gasteiger partial charge >= 0.3 is 5.97 Å². The van der Waals surface area contributed by atoms with Gasteiger partial charge in [0.1, 0.15) is 0 Å². The molecule has 2 amide bonds. The van der Waals surface area contributed by atoms with Crippen LogP contribution in [0.3, 0.4) is 0 Å². The Balaban J connectivity index is 1.74. The number of hydrogen-bond acceptors (Lipinski definition) is 5. The van der Waals surface area contributed by atoms with E-state index in [0.29, 0.717) is 19.4 Å². The summed E-state index contributed by atoms with van der Waals surface area (Å²) >= 11 is 0. The van der Waals surface area contributed by atoms with Gasteiger partial charge < -0.3 is 20.1 Å². The van der Waals surface area contributed by atoms with Crippen molar-refractivity contribution < 1.29 is 28.2 Å². The Morgan fingerprint density at radius 3 is 2.71 bits per heavy atom. The fourth-order valence-corrected chi connectivity index (χ4v) is 2.41. The average molecular weight is 338 g/mol. The molecule has 7 nitrogen and oxygen atoms in total. The van der Waals surface area contributed by atoms with Crippen LogP contribution in [0, 0.1) is 11.7 Å². The number of piperidine rings is 1. The van der Waals surface area contributed by atoms with Crippen LogP contribution in [0.25, 0.3) is 0 Å². The summed E-state index contributed by atoms with van der Waals surface area (Å²) in [4.78, 5) is 36.2. The number of para-hydroxylation sites is 1. The van der Waals surface area contributed by atoms with Crippen LogP contribution in [0.2, 0.25) is 0 Å². The van der Waals surface area contributed by atoms with E-state index in [9.17, 15) is 18.8 Å². The van der Waals surface area contributed by atoms with E-state index in [-0.39, 0.29) is 18.2 Å². The Bertz CT molecular complexity index is 622. The lowest BCUT2D eigenvalue weighted by molar-refractivity contribution is -0.154. The summed E-state index contributed by atoms with van der Waals surface area (Å²) < 4.78 is 23.1. The van der Waals surface area contributed by atoms with Gasteiger partial charge in [-0.2, -0.15) is 0 Å². The zero-order chi connectivity index (χ0) is 17.5. The maximum absolute atomic E-state index is 13.3. The predicted molar refractivity (Wildman–Crippen MR) is 81.4 cm³/mol. The minimum absolute atomic E-state index is 0.0684. The summed E-state index contributed by atoms with van der Waals surface area (Å²) in [6, 6.07) is 5.65. The largest absolute Gasteiger partial charge is 0.479 e. The van der Waals surface area contributed by atoms with Gasteiger partial charge in [0, 0.05) is 13.1 Å². The number of amides is 2. The van der Waals surface area contributed by atoms with Gasteiger partial charge in [-0.15, -0.1) is 0 Å². The van der Waals surface area contributed by atoms with Crippen LogP contribution < -0.4 is 10.5 Å². The molecule has 0 radical (unpaired) electrons. The van der Waals surface area contributed by atoms with Crippen LogP contribution in [0.1, 0.15) is 12.8 Å². The smallest absolute Gasteiger partial charge is 0.344 e. The fraction of sp³-hybridized carbons (Fsp3) is 0.438. The molecule has 1 saturated heterocycles. The van der Waals surface area contributed by atoms with Crippen molar-refractivity contribution in [2.24, 2.45) is 11.7 Å². The third-order valence-corrected chi connectivity index (χ3v) is 3.72. The summed E-state index contributed by atoms with van der Waals surface area (Å²) in [6.45, 7) is -0.230. The highest BCUT2D eigenvalue weighted by molar-refractivity contribution is 5.82. The van der Waals surface area contributed by atoms with Gasteiger partial charge in [0.15, 0.2) is 24.8 Å². The minimum Gasteiger partial charge on any atom is -0.479 e. The Morgan fingerprint density at radius 2 is 2.00 bits per heavy atom. The first kappa shape index (κ1) is 17.7. The number of likely N-dealkylation sites (tertiary alicyclic amines) is 1. The van der Waals surface area contributed by atoms with E-state index in [2.05, 4.69) is 0 Å². The Kier molecular flexibility index (Phi) is 6.11. The van der Waals surface area contributed by atoms with Gasteiger partial charge in [0.05, 0.1) is 5.92 Å². The van der Waals surface area contributed by atoms with Gasteiger partial charge in [-0.1, -0.05) is 12.1 Å². The number of primary amides is 1. The van der Waals surface area contributed by atoms with Crippen LogP contribution in [0.15, 0.2) is 24.3 Å². The zero-order valence-electron chi connectivity index (χ0n) is 13.1. The first-order valence-corrected chi connectivity index (χ1v) is 7.57. The highest BCUT2D eigenvalue weighted by atomic mass is 19.1. The van der Waals surface area contributed by atoms with Crippen LogP contribution >= 0.6 is 0 Å². The Morgan fingerprint density at radius 1 is 1.25 bits per heavy atom. The van der Waals surface area contributed by atoms with Crippen molar-refractivity contribution in [2.45, 2.75) is 12.8 Å². The molecule has 1 aromatic rings. The molecule has 8 heteroatoms. The monoisotopic (exact) mass is 338 g/mol. The second kappa shape index (κ2) is 8.28. The van der Waals surface area contributed by atoms with Gasteiger partial charge in [-0.3, -0.25) is 9.59 Å². The SMILES string of the molecule is NC(=O)[C@H]1CCCN(C(=O)COC(=O)COc2ccccc2F)C1.